The van der Waals surface area contributed by atoms with Crippen LogP contribution in [0.15, 0.2) is 28.7 Å². The van der Waals surface area contributed by atoms with E-state index in [1.54, 1.807) is 20.3 Å². The van der Waals surface area contributed by atoms with E-state index in [0.29, 0.717) is 10.8 Å². The maximum absolute atomic E-state index is 9.55. The molecule has 0 amide bonds. The zero-order chi connectivity index (χ0) is 20.1. The third-order valence-electron chi connectivity index (χ3n) is 5.22. The lowest BCUT2D eigenvalue weighted by Gasteiger charge is -2.41. The fraction of sp³-hybridized carbons (Fsp3) is 0.524. The molecule has 0 unspecified atom stereocenters. The van der Waals surface area contributed by atoms with Crippen LogP contribution in [0.1, 0.15) is 23.5 Å². The molecule has 2 aromatic rings. The number of benzene rings is 1. The van der Waals surface area contributed by atoms with Crippen LogP contribution in [0.3, 0.4) is 0 Å². The molecular weight excluding hydrogens is 380 g/mol. The van der Waals surface area contributed by atoms with E-state index in [2.05, 4.69) is 9.80 Å². The van der Waals surface area contributed by atoms with Gasteiger partial charge in [-0.25, -0.2) is 0 Å². The second kappa shape index (κ2) is 9.65. The van der Waals surface area contributed by atoms with Gasteiger partial charge in [0.15, 0.2) is 11.5 Å². The van der Waals surface area contributed by atoms with Gasteiger partial charge in [0, 0.05) is 55.5 Å². The number of ether oxygens (including phenoxy) is 2. The fourth-order valence-electron chi connectivity index (χ4n) is 3.87. The Morgan fingerprint density at radius 1 is 1.18 bits per heavy atom. The van der Waals surface area contributed by atoms with Crippen LogP contribution in [0, 0.1) is 6.92 Å². The highest BCUT2D eigenvalue weighted by molar-refractivity contribution is 6.30. The minimum absolute atomic E-state index is 0.167. The number of aryl methyl sites for hydroxylation is 1. The van der Waals surface area contributed by atoms with Crippen LogP contribution in [-0.4, -0.2) is 61.4 Å². The number of furan rings is 1. The third kappa shape index (κ3) is 5.00. The molecular formula is C21H29ClN2O4. The highest BCUT2D eigenvalue weighted by Crippen LogP contribution is 2.35. The van der Waals surface area contributed by atoms with E-state index < -0.39 is 0 Å². The van der Waals surface area contributed by atoms with Crippen molar-refractivity contribution in [3.63, 3.8) is 0 Å². The number of halogens is 1. The summed E-state index contributed by atoms with van der Waals surface area (Å²) in [5.74, 6) is 3.26. The largest absolute Gasteiger partial charge is 0.493 e. The van der Waals surface area contributed by atoms with E-state index in [4.69, 9.17) is 25.5 Å². The molecule has 1 fully saturated rings. The SMILES string of the molecule is COc1cc(Cl)cc(CN2CCN(Cc3ccc(C)o3)[C@@H](CCO)C2)c1OC. The quantitative estimate of drug-likeness (QED) is 0.723. The summed E-state index contributed by atoms with van der Waals surface area (Å²) < 4.78 is 16.7. The topological polar surface area (TPSA) is 58.3 Å². The first-order valence-electron chi connectivity index (χ1n) is 9.57. The van der Waals surface area contributed by atoms with Crippen LogP contribution in [0.5, 0.6) is 11.5 Å². The minimum atomic E-state index is 0.167. The smallest absolute Gasteiger partial charge is 0.165 e. The Morgan fingerprint density at radius 2 is 2.00 bits per heavy atom. The highest BCUT2D eigenvalue weighted by atomic mass is 35.5. The molecule has 154 valence electrons. The molecule has 28 heavy (non-hydrogen) atoms. The molecule has 1 aromatic carbocycles. The Morgan fingerprint density at radius 3 is 2.64 bits per heavy atom. The molecule has 0 aliphatic carbocycles. The Labute approximate surface area is 171 Å². The molecule has 6 nitrogen and oxygen atoms in total. The lowest BCUT2D eigenvalue weighted by molar-refractivity contribution is 0.0450. The molecule has 0 saturated carbocycles. The van der Waals surface area contributed by atoms with Gasteiger partial charge in [-0.2, -0.15) is 0 Å². The van der Waals surface area contributed by atoms with E-state index in [1.807, 2.05) is 25.1 Å². The van der Waals surface area contributed by atoms with Gasteiger partial charge < -0.3 is 19.0 Å². The first kappa shape index (κ1) is 21.0. The summed E-state index contributed by atoms with van der Waals surface area (Å²) in [6.45, 7) is 6.29. The highest BCUT2D eigenvalue weighted by Gasteiger charge is 2.28. The molecule has 1 saturated heterocycles. The third-order valence-corrected chi connectivity index (χ3v) is 5.44. The monoisotopic (exact) mass is 408 g/mol. The van der Waals surface area contributed by atoms with Crippen molar-refractivity contribution in [2.45, 2.75) is 32.5 Å². The maximum atomic E-state index is 9.55. The van der Waals surface area contributed by atoms with Crippen LogP contribution >= 0.6 is 11.6 Å². The van der Waals surface area contributed by atoms with E-state index in [0.717, 1.165) is 62.0 Å². The summed E-state index contributed by atoms with van der Waals surface area (Å²) >= 11 is 6.26. The van der Waals surface area contributed by atoms with Crippen LogP contribution < -0.4 is 9.47 Å². The molecule has 1 aliphatic rings. The molecule has 0 radical (unpaired) electrons. The van der Waals surface area contributed by atoms with E-state index in [9.17, 15) is 5.11 Å². The van der Waals surface area contributed by atoms with Crippen LogP contribution in [-0.2, 0) is 13.1 Å². The van der Waals surface area contributed by atoms with Gasteiger partial charge in [-0.1, -0.05) is 11.6 Å². The van der Waals surface area contributed by atoms with E-state index in [1.165, 1.54) is 0 Å². The molecule has 1 aromatic heterocycles. The molecule has 0 bridgehead atoms. The number of hydrogen-bond acceptors (Lipinski definition) is 6. The van der Waals surface area contributed by atoms with Crippen LogP contribution in [0.4, 0.5) is 0 Å². The molecule has 3 rings (SSSR count). The molecule has 1 N–H and O–H groups in total. The second-order valence-corrected chi connectivity index (χ2v) is 7.62. The number of rotatable bonds is 8. The Bertz CT molecular complexity index is 780. The maximum Gasteiger partial charge on any atom is 0.165 e. The van der Waals surface area contributed by atoms with Crippen molar-refractivity contribution in [1.29, 1.82) is 0 Å². The number of piperazine rings is 1. The van der Waals surface area contributed by atoms with Crippen LogP contribution in [0.2, 0.25) is 5.02 Å². The van der Waals surface area contributed by atoms with Gasteiger partial charge in [0.2, 0.25) is 0 Å². The van der Waals surface area contributed by atoms with Gasteiger partial charge in [0.1, 0.15) is 11.5 Å². The van der Waals surface area contributed by atoms with Gasteiger partial charge in [0.25, 0.3) is 0 Å². The summed E-state index contributed by atoms with van der Waals surface area (Å²) in [4.78, 5) is 4.76. The summed E-state index contributed by atoms with van der Waals surface area (Å²) in [5, 5.41) is 10.2. The van der Waals surface area contributed by atoms with Crippen molar-refractivity contribution >= 4 is 11.6 Å². The minimum Gasteiger partial charge on any atom is -0.493 e. The van der Waals surface area contributed by atoms with Crippen LogP contribution in [0.25, 0.3) is 0 Å². The lowest BCUT2D eigenvalue weighted by atomic mass is 10.1. The van der Waals surface area contributed by atoms with Gasteiger partial charge in [-0.05, 0) is 31.5 Å². The van der Waals surface area contributed by atoms with Gasteiger partial charge in [-0.3, -0.25) is 9.80 Å². The Hall–Kier alpha value is -1.73. The number of hydrogen-bond donors (Lipinski definition) is 1. The van der Waals surface area contributed by atoms with Crippen molar-refractivity contribution in [2.75, 3.05) is 40.5 Å². The van der Waals surface area contributed by atoms with Crippen molar-refractivity contribution in [2.24, 2.45) is 0 Å². The van der Waals surface area contributed by atoms with Crippen molar-refractivity contribution < 1.29 is 19.0 Å². The van der Waals surface area contributed by atoms with Gasteiger partial charge >= 0.3 is 0 Å². The van der Waals surface area contributed by atoms with Gasteiger partial charge in [0.05, 0.1) is 20.8 Å². The molecule has 2 heterocycles. The average Bonchev–Trinajstić information content (AvgIpc) is 3.08. The second-order valence-electron chi connectivity index (χ2n) is 7.18. The first-order valence-corrected chi connectivity index (χ1v) is 9.94. The number of methoxy groups -OCH3 is 2. The first-order chi connectivity index (χ1) is 13.5. The van der Waals surface area contributed by atoms with Crippen molar-refractivity contribution in [3.8, 4) is 11.5 Å². The summed E-state index contributed by atoms with van der Waals surface area (Å²) in [6, 6.07) is 7.98. The predicted molar refractivity (Wildman–Crippen MR) is 109 cm³/mol. The number of aliphatic hydroxyl groups is 1. The molecule has 1 atom stereocenters. The van der Waals surface area contributed by atoms with Gasteiger partial charge in [-0.15, -0.1) is 0 Å². The van der Waals surface area contributed by atoms with Crippen molar-refractivity contribution in [3.05, 3.63) is 46.4 Å². The molecule has 7 heteroatoms. The fourth-order valence-corrected chi connectivity index (χ4v) is 4.10. The number of aliphatic hydroxyl groups excluding tert-OH is 1. The normalized spacial score (nSPS) is 18.4. The summed E-state index contributed by atoms with van der Waals surface area (Å²) in [7, 11) is 3.26. The standard InChI is InChI=1S/C21H29ClN2O4/c1-15-4-5-19(28-15)14-24-8-7-23(13-18(24)6-9-25)12-16-10-17(22)11-20(26-2)21(16)27-3/h4-5,10-11,18,25H,6-9,12-14H2,1-3H3/t18-/m0/s1. The zero-order valence-electron chi connectivity index (χ0n) is 16.8. The molecule has 0 spiro atoms. The lowest BCUT2D eigenvalue weighted by Crippen LogP contribution is -2.52. The Kier molecular flexibility index (Phi) is 7.24. The van der Waals surface area contributed by atoms with E-state index in [-0.39, 0.29) is 12.6 Å². The summed E-state index contributed by atoms with van der Waals surface area (Å²) in [5.41, 5.74) is 1.00. The van der Waals surface area contributed by atoms with Crippen molar-refractivity contribution in [1.82, 2.24) is 9.80 Å². The summed E-state index contributed by atoms with van der Waals surface area (Å²) in [6.07, 6.45) is 0.728. The predicted octanol–water partition coefficient (Wildman–Crippen LogP) is 3.33. The number of nitrogens with zero attached hydrogens (tertiary/aromatic N) is 2. The van der Waals surface area contributed by atoms with E-state index >= 15 is 0 Å². The zero-order valence-corrected chi connectivity index (χ0v) is 17.5. The average molecular weight is 409 g/mol. The Balaban J connectivity index is 1.71. The molecule has 1 aliphatic heterocycles.